The minimum absolute atomic E-state index is 0.0650. The maximum absolute atomic E-state index is 4.99. The van der Waals surface area contributed by atoms with Gasteiger partial charge >= 0.3 is 0 Å². The molecule has 0 aliphatic heterocycles. The molecule has 1 heterocycles. The van der Waals surface area contributed by atoms with Crippen molar-refractivity contribution in [2.75, 3.05) is 0 Å². The molecule has 1 aromatic rings. The topological polar surface area (TPSA) is 24.9 Å². The van der Waals surface area contributed by atoms with Gasteiger partial charge in [0.25, 0.3) is 0 Å². The summed E-state index contributed by atoms with van der Waals surface area (Å²) in [6, 6.07) is 0.484. The first kappa shape index (κ1) is 16.0. The Morgan fingerprint density at radius 3 is 2.35 bits per heavy atom. The zero-order valence-corrected chi connectivity index (χ0v) is 14.9. The molecular weight excluding hydrogens is 264 g/mol. The summed E-state index contributed by atoms with van der Waals surface area (Å²) in [5, 5.41) is 7.43. The minimum atomic E-state index is 0.0650. The van der Waals surface area contributed by atoms with E-state index in [0.717, 1.165) is 0 Å². The molecule has 0 aromatic carbocycles. The van der Waals surface area contributed by atoms with Crippen molar-refractivity contribution in [2.24, 2.45) is 11.3 Å². The van der Waals surface area contributed by atoms with Gasteiger partial charge in [-0.15, -0.1) is 11.3 Å². The Morgan fingerprint density at radius 2 is 1.95 bits per heavy atom. The lowest BCUT2D eigenvalue weighted by Gasteiger charge is -2.36. The van der Waals surface area contributed by atoms with Crippen LogP contribution in [0, 0.1) is 11.3 Å². The molecule has 1 N–H and O–H groups in total. The Bertz CT molecular complexity index is 461. The third-order valence-corrected chi connectivity index (χ3v) is 5.54. The molecule has 0 radical (unpaired) electrons. The van der Waals surface area contributed by atoms with Crippen LogP contribution in [0.1, 0.15) is 77.9 Å². The van der Waals surface area contributed by atoms with Crippen molar-refractivity contribution in [1.82, 2.24) is 10.3 Å². The van der Waals surface area contributed by atoms with Crippen LogP contribution < -0.4 is 5.32 Å². The monoisotopic (exact) mass is 294 g/mol. The van der Waals surface area contributed by atoms with Crippen molar-refractivity contribution in [3.63, 3.8) is 0 Å². The molecule has 114 valence electrons. The molecule has 0 amide bonds. The summed E-state index contributed by atoms with van der Waals surface area (Å²) in [5.41, 5.74) is 1.70. The second kappa shape index (κ2) is 5.42. The van der Waals surface area contributed by atoms with Gasteiger partial charge in [-0.2, -0.15) is 0 Å². The maximum Gasteiger partial charge on any atom is 0.113 e. The average molecular weight is 295 g/mol. The lowest BCUT2D eigenvalue weighted by molar-refractivity contribution is 0.231. The van der Waals surface area contributed by atoms with Gasteiger partial charge in [-0.05, 0) is 43.9 Å². The van der Waals surface area contributed by atoms with E-state index in [-0.39, 0.29) is 5.54 Å². The normalized spacial score (nSPS) is 29.6. The van der Waals surface area contributed by atoms with Crippen molar-refractivity contribution in [3.05, 3.63) is 16.1 Å². The second-order valence-corrected chi connectivity index (χ2v) is 8.81. The highest BCUT2D eigenvalue weighted by Crippen LogP contribution is 2.53. The molecule has 1 aromatic heterocycles. The highest BCUT2D eigenvalue weighted by molar-refractivity contribution is 7.09. The molecule has 0 bridgehead atoms. The van der Waals surface area contributed by atoms with E-state index in [1.165, 1.54) is 23.5 Å². The standard InChI is InChI=1S/C17H30N2S/c1-11(2)14-9-20-15(18-14)17(19-12(3)4)10-16(6,7)8-13(17)5/h9,11-13,19H,8,10H2,1-7H3. The smallest absolute Gasteiger partial charge is 0.113 e. The molecule has 0 saturated heterocycles. The Morgan fingerprint density at radius 1 is 1.30 bits per heavy atom. The molecule has 2 rings (SSSR count). The van der Waals surface area contributed by atoms with Crippen molar-refractivity contribution < 1.29 is 0 Å². The molecule has 1 saturated carbocycles. The molecule has 3 heteroatoms. The summed E-state index contributed by atoms with van der Waals surface area (Å²) in [7, 11) is 0. The fourth-order valence-electron chi connectivity index (χ4n) is 3.82. The molecule has 2 unspecified atom stereocenters. The molecule has 2 nitrogen and oxygen atoms in total. The van der Waals surface area contributed by atoms with Gasteiger partial charge in [-0.25, -0.2) is 4.98 Å². The second-order valence-electron chi connectivity index (χ2n) is 7.95. The lowest BCUT2D eigenvalue weighted by atomic mass is 9.86. The van der Waals surface area contributed by atoms with Crippen molar-refractivity contribution in [3.8, 4) is 0 Å². The summed E-state index contributed by atoms with van der Waals surface area (Å²) in [5.74, 6) is 1.15. The van der Waals surface area contributed by atoms with Gasteiger partial charge in [0.1, 0.15) is 5.01 Å². The van der Waals surface area contributed by atoms with Crippen LogP contribution in [-0.2, 0) is 5.54 Å². The molecule has 20 heavy (non-hydrogen) atoms. The summed E-state index contributed by atoms with van der Waals surface area (Å²) in [6.45, 7) is 16.1. The van der Waals surface area contributed by atoms with Gasteiger partial charge < -0.3 is 5.32 Å². The number of nitrogens with zero attached hydrogens (tertiary/aromatic N) is 1. The van der Waals surface area contributed by atoms with E-state index in [4.69, 9.17) is 4.98 Å². The molecule has 0 spiro atoms. The summed E-state index contributed by atoms with van der Waals surface area (Å²) < 4.78 is 0. The van der Waals surface area contributed by atoms with E-state index in [9.17, 15) is 0 Å². The molecule has 1 aliphatic rings. The van der Waals surface area contributed by atoms with Crippen molar-refractivity contribution in [2.45, 2.75) is 78.8 Å². The highest BCUT2D eigenvalue weighted by atomic mass is 32.1. The van der Waals surface area contributed by atoms with Gasteiger partial charge in [0.2, 0.25) is 0 Å². The third-order valence-electron chi connectivity index (χ3n) is 4.50. The number of rotatable bonds is 4. The zero-order chi connectivity index (χ0) is 15.1. The largest absolute Gasteiger partial charge is 0.303 e. The Labute approximate surface area is 128 Å². The molecular formula is C17H30N2S. The summed E-state index contributed by atoms with van der Waals surface area (Å²) in [6.07, 6.45) is 2.45. The maximum atomic E-state index is 4.99. The van der Waals surface area contributed by atoms with Crippen LogP contribution in [0.2, 0.25) is 0 Å². The van der Waals surface area contributed by atoms with E-state index < -0.39 is 0 Å². The van der Waals surface area contributed by atoms with Crippen LogP contribution in [0.25, 0.3) is 0 Å². The summed E-state index contributed by atoms with van der Waals surface area (Å²) in [4.78, 5) is 4.99. The number of aromatic nitrogens is 1. The van der Waals surface area contributed by atoms with Gasteiger partial charge in [-0.3, -0.25) is 0 Å². The fourth-order valence-corrected chi connectivity index (χ4v) is 5.08. The Balaban J connectivity index is 2.41. The van der Waals surface area contributed by atoms with Crippen LogP contribution >= 0.6 is 11.3 Å². The van der Waals surface area contributed by atoms with E-state index in [1.807, 2.05) is 11.3 Å². The number of thiazole rings is 1. The van der Waals surface area contributed by atoms with E-state index >= 15 is 0 Å². The highest BCUT2D eigenvalue weighted by Gasteiger charge is 2.51. The lowest BCUT2D eigenvalue weighted by Crippen LogP contribution is -2.48. The number of hydrogen-bond acceptors (Lipinski definition) is 3. The Kier molecular flexibility index (Phi) is 4.32. The predicted molar refractivity (Wildman–Crippen MR) is 88.3 cm³/mol. The minimum Gasteiger partial charge on any atom is -0.303 e. The predicted octanol–water partition coefficient (Wildman–Crippen LogP) is 4.92. The van der Waals surface area contributed by atoms with Crippen molar-refractivity contribution >= 4 is 11.3 Å². The molecule has 1 fully saturated rings. The van der Waals surface area contributed by atoms with Crippen LogP contribution in [0.5, 0.6) is 0 Å². The van der Waals surface area contributed by atoms with E-state index in [0.29, 0.717) is 23.3 Å². The van der Waals surface area contributed by atoms with E-state index in [1.54, 1.807) is 0 Å². The van der Waals surface area contributed by atoms with Crippen LogP contribution in [0.4, 0.5) is 0 Å². The fraction of sp³-hybridized carbons (Fsp3) is 0.824. The summed E-state index contributed by atoms with van der Waals surface area (Å²) >= 11 is 1.85. The first-order chi connectivity index (χ1) is 9.16. The molecule has 1 aliphatic carbocycles. The van der Waals surface area contributed by atoms with Gasteiger partial charge in [0.15, 0.2) is 0 Å². The quantitative estimate of drug-likeness (QED) is 0.853. The first-order valence-corrected chi connectivity index (χ1v) is 8.78. The Hall–Kier alpha value is -0.410. The average Bonchev–Trinajstić information content (AvgIpc) is 2.82. The first-order valence-electron chi connectivity index (χ1n) is 7.90. The van der Waals surface area contributed by atoms with Crippen LogP contribution in [-0.4, -0.2) is 11.0 Å². The molecule has 2 atom stereocenters. The van der Waals surface area contributed by atoms with Crippen molar-refractivity contribution in [1.29, 1.82) is 0 Å². The number of nitrogens with one attached hydrogen (secondary N) is 1. The van der Waals surface area contributed by atoms with E-state index in [2.05, 4.69) is 59.2 Å². The third kappa shape index (κ3) is 2.94. The van der Waals surface area contributed by atoms with Gasteiger partial charge in [-0.1, -0.05) is 34.6 Å². The van der Waals surface area contributed by atoms with Crippen LogP contribution in [0.3, 0.4) is 0 Å². The van der Waals surface area contributed by atoms with Gasteiger partial charge in [0, 0.05) is 11.4 Å². The number of hydrogen-bond donors (Lipinski definition) is 1. The van der Waals surface area contributed by atoms with Gasteiger partial charge in [0.05, 0.1) is 11.2 Å². The SMILES string of the molecule is CC(C)NC1(c2nc(C(C)C)cs2)CC(C)(C)CC1C. The zero-order valence-electron chi connectivity index (χ0n) is 14.1. The van der Waals surface area contributed by atoms with Crippen LogP contribution in [0.15, 0.2) is 5.38 Å².